The Morgan fingerprint density at radius 3 is 0.889 bits per heavy atom. The summed E-state index contributed by atoms with van der Waals surface area (Å²) in [5.41, 5.74) is -8.51. The molecule has 0 N–H and O–H groups in total. The van der Waals surface area contributed by atoms with Gasteiger partial charge in [0.25, 0.3) is 0 Å². The molecule has 0 saturated carbocycles. The van der Waals surface area contributed by atoms with E-state index < -0.39 is 53.7 Å². The first-order valence-electron chi connectivity index (χ1n) is 5.66. The first kappa shape index (κ1) is 25.6. The van der Waals surface area contributed by atoms with E-state index in [2.05, 4.69) is 0 Å². The highest BCUT2D eigenvalue weighted by Crippen LogP contribution is 2.65. The largest absolute Gasteiger partial charge is 0.438 e. The van der Waals surface area contributed by atoms with E-state index in [1.807, 2.05) is 0 Å². The maximum Gasteiger partial charge on any atom is 0.438 e. The van der Waals surface area contributed by atoms with Gasteiger partial charge in [-0.15, -0.1) is 0 Å². The summed E-state index contributed by atoms with van der Waals surface area (Å²) in [7, 11) is 0. The zero-order valence-electron chi connectivity index (χ0n) is 11.7. The summed E-state index contributed by atoms with van der Waals surface area (Å²) in [6.07, 6.45) is -17.7. The maximum absolute atomic E-state index is 13.1. The molecule has 0 radical (unpaired) electrons. The molecule has 0 aliphatic heterocycles. The van der Waals surface area contributed by atoms with Gasteiger partial charge in [0.2, 0.25) is 0 Å². The van der Waals surface area contributed by atoms with Crippen LogP contribution in [0.4, 0.5) is 74.6 Å². The summed E-state index contributed by atoms with van der Waals surface area (Å²) in [6, 6.07) is 0. The summed E-state index contributed by atoms with van der Waals surface area (Å²) < 4.78 is 215. The van der Waals surface area contributed by atoms with Gasteiger partial charge >= 0.3 is 47.6 Å². The Morgan fingerprint density at radius 1 is 0.407 bits per heavy atom. The fraction of sp³-hybridized carbons (Fsp3) is 0.800. The Labute approximate surface area is 136 Å². The average molecular weight is 446 g/mol. The SMILES string of the molecule is C=CC(F)(F)C(F)(F)C(F)(F)C(F)(F)C(F)(F)C(F)(C(F)(F)F)C(F)(F)F. The number of hydrogen-bond donors (Lipinski definition) is 0. The minimum atomic E-state index is -8.72. The third-order valence-electron chi connectivity index (χ3n) is 3.07. The lowest BCUT2D eigenvalue weighted by Crippen LogP contribution is -2.76. The van der Waals surface area contributed by atoms with Crippen LogP contribution in [0.15, 0.2) is 12.7 Å². The normalized spacial score (nSPS) is 16.5. The van der Waals surface area contributed by atoms with Crippen LogP contribution in [-0.2, 0) is 0 Å². The van der Waals surface area contributed by atoms with Crippen molar-refractivity contribution in [3.63, 3.8) is 0 Å². The molecule has 0 amide bonds. The Kier molecular flexibility index (Phi) is 5.70. The molecule has 17 heteroatoms. The van der Waals surface area contributed by atoms with E-state index in [1.54, 1.807) is 6.58 Å². The fourth-order valence-electron chi connectivity index (χ4n) is 1.46. The Bertz CT molecular complexity index is 547. The summed E-state index contributed by atoms with van der Waals surface area (Å²) in [5.74, 6) is -39.9. The molecule has 0 aliphatic rings. The minimum Gasteiger partial charge on any atom is -0.216 e. The Balaban J connectivity index is 6.93. The second-order valence-corrected chi connectivity index (χ2v) is 4.78. The van der Waals surface area contributed by atoms with Gasteiger partial charge in [-0.05, 0) is 6.08 Å². The molecule has 0 nitrogen and oxygen atoms in total. The number of allylic oxidation sites excluding steroid dienone is 1. The summed E-state index contributed by atoms with van der Waals surface area (Å²) in [6.45, 7) is 1.75. The van der Waals surface area contributed by atoms with E-state index in [0.29, 0.717) is 0 Å². The van der Waals surface area contributed by atoms with E-state index in [-0.39, 0.29) is 0 Å². The van der Waals surface area contributed by atoms with Gasteiger partial charge in [-0.1, -0.05) is 6.58 Å². The molecule has 0 saturated heterocycles. The lowest BCUT2D eigenvalue weighted by Gasteiger charge is -2.43. The monoisotopic (exact) mass is 446 g/mol. The van der Waals surface area contributed by atoms with E-state index in [0.717, 1.165) is 0 Å². The van der Waals surface area contributed by atoms with E-state index in [9.17, 15) is 74.6 Å². The van der Waals surface area contributed by atoms with Gasteiger partial charge in [0.15, 0.2) is 0 Å². The van der Waals surface area contributed by atoms with Gasteiger partial charge in [-0.25, -0.2) is 4.39 Å². The maximum atomic E-state index is 13.1. The molecule has 162 valence electrons. The van der Waals surface area contributed by atoms with Gasteiger partial charge in [0, 0.05) is 0 Å². The Morgan fingerprint density at radius 2 is 0.667 bits per heavy atom. The molecule has 0 atom stereocenters. The molecular weight excluding hydrogens is 443 g/mol. The van der Waals surface area contributed by atoms with E-state index in [4.69, 9.17) is 0 Å². The molecule has 0 aromatic heterocycles. The van der Waals surface area contributed by atoms with E-state index in [1.165, 1.54) is 0 Å². The third kappa shape index (κ3) is 3.00. The van der Waals surface area contributed by atoms with Crippen molar-refractivity contribution in [3.05, 3.63) is 12.7 Å². The minimum absolute atomic E-state index is 1.52. The van der Waals surface area contributed by atoms with Crippen LogP contribution in [0.5, 0.6) is 0 Å². The third-order valence-corrected chi connectivity index (χ3v) is 3.07. The summed E-state index contributed by atoms with van der Waals surface area (Å²) in [4.78, 5) is 0. The van der Waals surface area contributed by atoms with Gasteiger partial charge in [0.1, 0.15) is 0 Å². The molecule has 0 fully saturated rings. The average Bonchev–Trinajstić information content (AvgIpc) is 2.42. The molecule has 0 heterocycles. The van der Waals surface area contributed by atoms with Crippen LogP contribution in [0.3, 0.4) is 0 Å². The lowest BCUT2D eigenvalue weighted by molar-refractivity contribution is -0.463. The summed E-state index contributed by atoms with van der Waals surface area (Å²) in [5, 5.41) is 0. The number of alkyl halides is 17. The fourth-order valence-corrected chi connectivity index (χ4v) is 1.46. The second kappa shape index (κ2) is 6.02. The van der Waals surface area contributed by atoms with Crippen molar-refractivity contribution in [1.29, 1.82) is 0 Å². The summed E-state index contributed by atoms with van der Waals surface area (Å²) >= 11 is 0. The number of rotatable bonds is 6. The van der Waals surface area contributed by atoms with Gasteiger partial charge in [-0.2, -0.15) is 70.2 Å². The van der Waals surface area contributed by atoms with Crippen molar-refractivity contribution in [2.75, 3.05) is 0 Å². The van der Waals surface area contributed by atoms with Crippen LogP contribution in [0, 0.1) is 0 Å². The molecule has 0 aliphatic carbocycles. The van der Waals surface area contributed by atoms with Crippen LogP contribution in [0.25, 0.3) is 0 Å². The molecule has 0 aromatic rings. The molecule has 0 bridgehead atoms. The standard InChI is InChI=1S/C10H3F17/c1-2-3(11,12)5(14,15)7(18,19)8(20,21)6(16,17)4(13,9(22,23)24)10(25,26)27/h2H,1H2. The molecule has 27 heavy (non-hydrogen) atoms. The van der Waals surface area contributed by atoms with Gasteiger partial charge in [0.05, 0.1) is 0 Å². The Hall–Kier alpha value is -1.45. The van der Waals surface area contributed by atoms with Crippen molar-refractivity contribution in [1.82, 2.24) is 0 Å². The quantitative estimate of drug-likeness (QED) is 0.338. The van der Waals surface area contributed by atoms with Crippen LogP contribution >= 0.6 is 0 Å². The predicted octanol–water partition coefficient (Wildman–Crippen LogP) is 6.18. The zero-order valence-corrected chi connectivity index (χ0v) is 11.7. The van der Waals surface area contributed by atoms with Crippen molar-refractivity contribution >= 4 is 0 Å². The van der Waals surface area contributed by atoms with E-state index >= 15 is 0 Å². The predicted molar refractivity (Wildman–Crippen MR) is 50.9 cm³/mol. The first-order valence-corrected chi connectivity index (χ1v) is 5.66. The molecular formula is C10H3F17. The topological polar surface area (TPSA) is 0 Å². The molecule has 0 unspecified atom stereocenters. The van der Waals surface area contributed by atoms with Crippen molar-refractivity contribution in [3.8, 4) is 0 Å². The van der Waals surface area contributed by atoms with Gasteiger partial charge in [-0.3, -0.25) is 0 Å². The molecule has 0 aromatic carbocycles. The highest BCUT2D eigenvalue weighted by Gasteiger charge is 2.96. The molecule has 0 spiro atoms. The van der Waals surface area contributed by atoms with Crippen LogP contribution in [0.1, 0.15) is 0 Å². The lowest BCUT2D eigenvalue weighted by atomic mass is 9.84. The second-order valence-electron chi connectivity index (χ2n) is 4.78. The first-order chi connectivity index (χ1) is 11.3. The number of halogens is 17. The van der Waals surface area contributed by atoms with Crippen LogP contribution in [0.2, 0.25) is 0 Å². The zero-order chi connectivity index (χ0) is 22.7. The van der Waals surface area contributed by atoms with Gasteiger partial charge < -0.3 is 0 Å². The van der Waals surface area contributed by atoms with Crippen LogP contribution < -0.4 is 0 Å². The highest BCUT2D eigenvalue weighted by molar-refractivity contribution is 5.19. The van der Waals surface area contributed by atoms with Crippen LogP contribution in [-0.4, -0.2) is 47.6 Å². The van der Waals surface area contributed by atoms with Crippen molar-refractivity contribution in [2.45, 2.75) is 47.6 Å². The van der Waals surface area contributed by atoms with Crippen molar-refractivity contribution in [2.24, 2.45) is 0 Å². The highest BCUT2D eigenvalue weighted by atomic mass is 19.4. The smallest absolute Gasteiger partial charge is 0.216 e. The van der Waals surface area contributed by atoms with Crippen molar-refractivity contribution < 1.29 is 74.6 Å². The molecule has 0 rings (SSSR count). The number of hydrogen-bond acceptors (Lipinski definition) is 0.